The molecule has 0 unspecified atom stereocenters. The van der Waals surface area contributed by atoms with Gasteiger partial charge in [0, 0.05) is 37.3 Å². The maximum atomic E-state index is 11.5. The first-order chi connectivity index (χ1) is 9.13. The first-order valence-electron chi connectivity index (χ1n) is 6.54. The molecule has 0 aromatic heterocycles. The Kier molecular flexibility index (Phi) is 4.39. The van der Waals surface area contributed by atoms with Crippen molar-refractivity contribution in [1.82, 2.24) is 5.32 Å². The fourth-order valence-corrected chi connectivity index (χ4v) is 1.76. The molecular weight excluding hydrogens is 242 g/mol. The molecule has 2 amide bonds. The number of hydrogen-bond donors (Lipinski definition) is 3. The molecule has 19 heavy (non-hydrogen) atoms. The molecule has 1 aromatic carbocycles. The highest BCUT2D eigenvalue weighted by atomic mass is 16.2. The maximum Gasteiger partial charge on any atom is 0.221 e. The number of carbonyl (C=O) groups is 2. The molecule has 5 nitrogen and oxygen atoms in total. The Labute approximate surface area is 112 Å². The summed E-state index contributed by atoms with van der Waals surface area (Å²) in [6.45, 7) is 2.06. The highest BCUT2D eigenvalue weighted by Gasteiger charge is 2.22. The lowest BCUT2D eigenvalue weighted by Gasteiger charge is -2.09. The molecule has 0 atom stereocenters. The van der Waals surface area contributed by atoms with Crippen LogP contribution in [0.25, 0.3) is 0 Å². The molecule has 1 fully saturated rings. The minimum Gasteiger partial charge on any atom is -0.384 e. The molecule has 1 saturated carbocycles. The number of hydrogen-bond acceptors (Lipinski definition) is 3. The molecule has 1 aliphatic carbocycles. The number of amides is 2. The smallest absolute Gasteiger partial charge is 0.221 e. The van der Waals surface area contributed by atoms with E-state index in [2.05, 4.69) is 16.0 Å². The number of nitrogens with one attached hydrogen (secondary N) is 3. The average Bonchev–Trinajstić information content (AvgIpc) is 3.12. The van der Waals surface area contributed by atoms with Gasteiger partial charge in [-0.25, -0.2) is 0 Å². The molecule has 0 aliphatic heterocycles. The summed E-state index contributed by atoms with van der Waals surface area (Å²) in [5, 5.41) is 8.83. The standard InChI is InChI=1S/C14H19N3O2/c1-10(18)16-13-4-2-3-12(9-13)15-8-7-14(19)17-11-5-6-11/h2-4,9,11,15H,5-8H2,1H3,(H,16,18)(H,17,19). The number of carbonyl (C=O) groups excluding carboxylic acids is 2. The SMILES string of the molecule is CC(=O)Nc1cccc(NCCC(=O)NC2CC2)c1. The van der Waals surface area contributed by atoms with E-state index in [1.807, 2.05) is 24.3 Å². The van der Waals surface area contributed by atoms with Gasteiger partial charge in [-0.3, -0.25) is 9.59 Å². The van der Waals surface area contributed by atoms with Crippen LogP contribution in [0, 0.1) is 0 Å². The van der Waals surface area contributed by atoms with Crippen molar-refractivity contribution in [2.24, 2.45) is 0 Å². The van der Waals surface area contributed by atoms with Gasteiger partial charge in [-0.2, -0.15) is 0 Å². The summed E-state index contributed by atoms with van der Waals surface area (Å²) in [5.41, 5.74) is 1.64. The Bertz CT molecular complexity index is 470. The number of anilines is 2. The third-order valence-corrected chi connectivity index (χ3v) is 2.81. The van der Waals surface area contributed by atoms with Crippen molar-refractivity contribution < 1.29 is 9.59 Å². The first kappa shape index (κ1) is 13.4. The Hall–Kier alpha value is -2.04. The van der Waals surface area contributed by atoms with E-state index in [0.29, 0.717) is 19.0 Å². The predicted molar refractivity (Wildman–Crippen MR) is 75.0 cm³/mol. The number of rotatable bonds is 6. The molecule has 102 valence electrons. The monoisotopic (exact) mass is 261 g/mol. The van der Waals surface area contributed by atoms with E-state index < -0.39 is 0 Å². The van der Waals surface area contributed by atoms with Gasteiger partial charge in [-0.15, -0.1) is 0 Å². The van der Waals surface area contributed by atoms with Gasteiger partial charge in [-0.1, -0.05) is 6.07 Å². The molecule has 0 radical (unpaired) electrons. The summed E-state index contributed by atoms with van der Waals surface area (Å²) in [7, 11) is 0. The second-order valence-corrected chi connectivity index (χ2v) is 4.78. The van der Waals surface area contributed by atoms with Gasteiger partial charge >= 0.3 is 0 Å². The van der Waals surface area contributed by atoms with E-state index in [0.717, 1.165) is 24.2 Å². The van der Waals surface area contributed by atoms with Crippen LogP contribution < -0.4 is 16.0 Å². The van der Waals surface area contributed by atoms with Gasteiger partial charge < -0.3 is 16.0 Å². The fourth-order valence-electron chi connectivity index (χ4n) is 1.76. The molecule has 5 heteroatoms. The number of benzene rings is 1. The summed E-state index contributed by atoms with van der Waals surface area (Å²) in [5.74, 6) is -0.00558. The van der Waals surface area contributed by atoms with E-state index in [1.54, 1.807) is 0 Å². The van der Waals surface area contributed by atoms with Crippen molar-refractivity contribution in [3.63, 3.8) is 0 Å². The third-order valence-electron chi connectivity index (χ3n) is 2.81. The van der Waals surface area contributed by atoms with Crippen molar-refractivity contribution >= 4 is 23.2 Å². The molecule has 1 aliphatic rings. The van der Waals surface area contributed by atoms with E-state index in [9.17, 15) is 9.59 Å². The van der Waals surface area contributed by atoms with Gasteiger partial charge in [-0.05, 0) is 31.0 Å². The highest BCUT2D eigenvalue weighted by molar-refractivity contribution is 5.89. The molecule has 1 aromatic rings. The molecule has 0 saturated heterocycles. The van der Waals surface area contributed by atoms with Crippen molar-refractivity contribution in [3.05, 3.63) is 24.3 Å². The van der Waals surface area contributed by atoms with E-state index in [-0.39, 0.29) is 11.8 Å². The minimum absolute atomic E-state index is 0.0908. The van der Waals surface area contributed by atoms with Crippen LogP contribution in [0.2, 0.25) is 0 Å². The van der Waals surface area contributed by atoms with Gasteiger partial charge in [0.25, 0.3) is 0 Å². The zero-order valence-electron chi connectivity index (χ0n) is 11.0. The second-order valence-electron chi connectivity index (χ2n) is 4.78. The van der Waals surface area contributed by atoms with Crippen LogP contribution >= 0.6 is 0 Å². The lowest BCUT2D eigenvalue weighted by Crippen LogP contribution is -2.27. The zero-order chi connectivity index (χ0) is 13.7. The normalized spacial score (nSPS) is 13.7. The van der Waals surface area contributed by atoms with Crippen LogP contribution in [0.1, 0.15) is 26.2 Å². The van der Waals surface area contributed by atoms with Crippen LogP contribution in [0.5, 0.6) is 0 Å². The summed E-state index contributed by atoms with van der Waals surface area (Å²) in [6.07, 6.45) is 2.68. The topological polar surface area (TPSA) is 70.2 Å². The first-order valence-corrected chi connectivity index (χ1v) is 6.54. The lowest BCUT2D eigenvalue weighted by molar-refractivity contribution is -0.121. The molecule has 0 spiro atoms. The van der Waals surface area contributed by atoms with Crippen LogP contribution in [0.4, 0.5) is 11.4 Å². The van der Waals surface area contributed by atoms with E-state index >= 15 is 0 Å². The van der Waals surface area contributed by atoms with Crippen molar-refractivity contribution in [2.75, 3.05) is 17.2 Å². The third kappa shape index (κ3) is 4.99. The lowest BCUT2D eigenvalue weighted by atomic mass is 10.2. The summed E-state index contributed by atoms with van der Waals surface area (Å²) in [4.78, 5) is 22.4. The van der Waals surface area contributed by atoms with E-state index in [1.165, 1.54) is 6.92 Å². The minimum atomic E-state index is -0.0963. The van der Waals surface area contributed by atoms with Gasteiger partial charge in [0.05, 0.1) is 0 Å². The second kappa shape index (κ2) is 6.22. The molecule has 2 rings (SSSR count). The Morgan fingerprint density at radius 1 is 1.26 bits per heavy atom. The molecule has 0 heterocycles. The molecule has 3 N–H and O–H groups in total. The van der Waals surface area contributed by atoms with Crippen LogP contribution in [-0.2, 0) is 9.59 Å². The quantitative estimate of drug-likeness (QED) is 0.730. The summed E-state index contributed by atoms with van der Waals surface area (Å²) in [6, 6.07) is 7.85. The Morgan fingerprint density at radius 3 is 2.68 bits per heavy atom. The predicted octanol–water partition coefficient (Wildman–Crippen LogP) is 1.73. The fraction of sp³-hybridized carbons (Fsp3) is 0.429. The average molecular weight is 261 g/mol. The van der Waals surface area contributed by atoms with Gasteiger partial charge in [0.15, 0.2) is 0 Å². The van der Waals surface area contributed by atoms with Crippen LogP contribution in [0.3, 0.4) is 0 Å². The Morgan fingerprint density at radius 2 is 2.00 bits per heavy atom. The Balaban J connectivity index is 1.75. The van der Waals surface area contributed by atoms with Crippen molar-refractivity contribution in [1.29, 1.82) is 0 Å². The van der Waals surface area contributed by atoms with Crippen molar-refractivity contribution in [3.8, 4) is 0 Å². The zero-order valence-corrected chi connectivity index (χ0v) is 11.0. The largest absolute Gasteiger partial charge is 0.384 e. The van der Waals surface area contributed by atoms with Crippen LogP contribution in [0.15, 0.2) is 24.3 Å². The molecular formula is C14H19N3O2. The highest BCUT2D eigenvalue weighted by Crippen LogP contribution is 2.18. The van der Waals surface area contributed by atoms with Crippen LogP contribution in [-0.4, -0.2) is 24.4 Å². The summed E-state index contributed by atoms with van der Waals surface area (Å²) >= 11 is 0. The van der Waals surface area contributed by atoms with Gasteiger partial charge in [0.2, 0.25) is 11.8 Å². The van der Waals surface area contributed by atoms with E-state index in [4.69, 9.17) is 0 Å². The summed E-state index contributed by atoms with van der Waals surface area (Å²) < 4.78 is 0. The maximum absolute atomic E-state index is 11.5. The van der Waals surface area contributed by atoms with Crippen molar-refractivity contribution in [2.45, 2.75) is 32.2 Å². The van der Waals surface area contributed by atoms with Gasteiger partial charge in [0.1, 0.15) is 0 Å². The molecule has 0 bridgehead atoms.